The lowest BCUT2D eigenvalue weighted by Gasteiger charge is -2.30. The summed E-state index contributed by atoms with van der Waals surface area (Å²) >= 11 is 0. The number of likely N-dealkylation sites (tertiary alicyclic amines) is 1. The van der Waals surface area contributed by atoms with Crippen molar-refractivity contribution < 1.29 is 9.53 Å². The lowest BCUT2D eigenvalue weighted by atomic mass is 10.1. The molecule has 0 saturated carbocycles. The van der Waals surface area contributed by atoms with E-state index >= 15 is 0 Å². The molecule has 0 spiro atoms. The molecule has 1 aliphatic heterocycles. The van der Waals surface area contributed by atoms with E-state index in [9.17, 15) is 4.79 Å². The number of piperidine rings is 1. The van der Waals surface area contributed by atoms with Gasteiger partial charge in [-0.1, -0.05) is 0 Å². The number of methoxy groups -OCH3 is 1. The zero-order valence-corrected chi connectivity index (χ0v) is 16.1. The van der Waals surface area contributed by atoms with Crippen LogP contribution in [0.1, 0.15) is 12.8 Å². The molecule has 1 atom stereocenters. The van der Waals surface area contributed by atoms with Gasteiger partial charge in [-0.3, -0.25) is 9.20 Å². The van der Waals surface area contributed by atoms with Crippen LogP contribution in [0.5, 0.6) is 5.88 Å². The van der Waals surface area contributed by atoms with Gasteiger partial charge in [0.1, 0.15) is 12.0 Å². The van der Waals surface area contributed by atoms with Crippen molar-refractivity contribution in [2.75, 3.05) is 26.0 Å². The van der Waals surface area contributed by atoms with E-state index in [-0.39, 0.29) is 11.9 Å². The van der Waals surface area contributed by atoms with Crippen molar-refractivity contribution in [2.45, 2.75) is 18.9 Å². The molecule has 5 heterocycles. The van der Waals surface area contributed by atoms with Crippen LogP contribution in [0, 0.1) is 0 Å². The number of carbonyl (C=O) groups excluding carboxylic acids is 1. The quantitative estimate of drug-likeness (QED) is 0.543. The van der Waals surface area contributed by atoms with Crippen molar-refractivity contribution in [1.82, 2.24) is 34.4 Å². The molecule has 1 fully saturated rings. The molecule has 4 aromatic rings. The van der Waals surface area contributed by atoms with Crippen LogP contribution in [0.2, 0.25) is 0 Å². The fourth-order valence-electron chi connectivity index (χ4n) is 3.74. The summed E-state index contributed by atoms with van der Waals surface area (Å²) in [6, 6.07) is 3.99. The van der Waals surface area contributed by atoms with Gasteiger partial charge < -0.3 is 19.9 Å². The van der Waals surface area contributed by atoms with E-state index in [1.807, 2.05) is 36.0 Å². The van der Waals surface area contributed by atoms with E-state index in [0.29, 0.717) is 30.4 Å². The van der Waals surface area contributed by atoms with Crippen molar-refractivity contribution in [3.05, 3.63) is 30.9 Å². The fourth-order valence-corrected chi connectivity index (χ4v) is 3.74. The molecule has 1 unspecified atom stereocenters. The van der Waals surface area contributed by atoms with Crippen LogP contribution < -0.4 is 10.1 Å². The van der Waals surface area contributed by atoms with Gasteiger partial charge in [0, 0.05) is 49.6 Å². The number of aromatic amines is 1. The van der Waals surface area contributed by atoms with Gasteiger partial charge in [0.15, 0.2) is 5.65 Å². The number of aromatic nitrogens is 6. The number of amides is 1. The highest BCUT2D eigenvalue weighted by molar-refractivity contribution is 5.97. The standard InChI is InChI=1S/C19H20N8O2/c1-26-9-12(4-6-15(26)28)22-19-23-17-16(18(24-19)29-2)13(7-20-17)11-3-5-14-25-21-10-27(14)8-11/h3,5,7-8,10,12H,4,6,9H2,1-2H3,(H2,20,22,23,24). The molecule has 5 rings (SSSR count). The van der Waals surface area contributed by atoms with Crippen LogP contribution in [-0.4, -0.2) is 67.1 Å². The molecular weight excluding hydrogens is 372 g/mol. The van der Waals surface area contributed by atoms with Gasteiger partial charge in [-0.2, -0.15) is 9.97 Å². The van der Waals surface area contributed by atoms with Crippen molar-refractivity contribution in [3.63, 3.8) is 0 Å². The van der Waals surface area contributed by atoms with Gasteiger partial charge in [-0.25, -0.2) is 0 Å². The first kappa shape index (κ1) is 17.4. The number of H-pyrrole nitrogens is 1. The maximum atomic E-state index is 11.7. The average molecular weight is 392 g/mol. The number of pyridine rings is 1. The molecule has 0 aromatic carbocycles. The molecule has 0 bridgehead atoms. The Morgan fingerprint density at radius 3 is 3.03 bits per heavy atom. The number of fused-ring (bicyclic) bond motifs is 2. The van der Waals surface area contributed by atoms with Gasteiger partial charge in [0.25, 0.3) is 0 Å². The van der Waals surface area contributed by atoms with Gasteiger partial charge in [0.05, 0.1) is 12.5 Å². The van der Waals surface area contributed by atoms with E-state index in [2.05, 4.69) is 30.5 Å². The topological polar surface area (TPSA) is 113 Å². The molecule has 10 heteroatoms. The van der Waals surface area contributed by atoms with Crippen LogP contribution in [-0.2, 0) is 4.79 Å². The van der Waals surface area contributed by atoms with Gasteiger partial charge >= 0.3 is 0 Å². The van der Waals surface area contributed by atoms with Crippen molar-refractivity contribution in [3.8, 4) is 17.0 Å². The van der Waals surface area contributed by atoms with Gasteiger partial charge in [-0.05, 0) is 18.6 Å². The van der Waals surface area contributed by atoms with E-state index in [1.54, 1.807) is 18.3 Å². The normalized spacial score (nSPS) is 17.2. The third-order valence-corrected chi connectivity index (χ3v) is 5.25. The molecule has 2 N–H and O–H groups in total. The molecule has 1 saturated heterocycles. The second-order valence-corrected chi connectivity index (χ2v) is 7.15. The van der Waals surface area contributed by atoms with E-state index < -0.39 is 0 Å². The summed E-state index contributed by atoms with van der Waals surface area (Å²) < 4.78 is 7.44. The lowest BCUT2D eigenvalue weighted by molar-refractivity contribution is -0.132. The highest BCUT2D eigenvalue weighted by Gasteiger charge is 2.24. The monoisotopic (exact) mass is 392 g/mol. The highest BCUT2D eigenvalue weighted by Crippen LogP contribution is 2.34. The SMILES string of the molecule is COc1nc(NC2CCC(=O)N(C)C2)nc2[nH]cc(-c3ccc4nncn4c3)c12. The van der Waals surface area contributed by atoms with E-state index in [4.69, 9.17) is 4.74 Å². The summed E-state index contributed by atoms with van der Waals surface area (Å²) in [5.74, 6) is 1.12. The highest BCUT2D eigenvalue weighted by atomic mass is 16.5. The Bertz CT molecular complexity index is 1210. The Morgan fingerprint density at radius 1 is 1.31 bits per heavy atom. The maximum Gasteiger partial charge on any atom is 0.228 e. The van der Waals surface area contributed by atoms with E-state index in [0.717, 1.165) is 28.6 Å². The van der Waals surface area contributed by atoms with E-state index in [1.165, 1.54) is 0 Å². The van der Waals surface area contributed by atoms with Gasteiger partial charge in [0.2, 0.25) is 17.7 Å². The summed E-state index contributed by atoms with van der Waals surface area (Å²) in [6.07, 6.45) is 6.78. The third kappa shape index (κ3) is 3.02. The summed E-state index contributed by atoms with van der Waals surface area (Å²) in [6.45, 7) is 0.622. The Morgan fingerprint density at radius 2 is 2.21 bits per heavy atom. The van der Waals surface area contributed by atoms with Crippen LogP contribution in [0.3, 0.4) is 0 Å². The molecule has 0 aliphatic carbocycles. The largest absolute Gasteiger partial charge is 0.480 e. The first-order valence-electron chi connectivity index (χ1n) is 9.36. The predicted molar refractivity (Wildman–Crippen MR) is 107 cm³/mol. The van der Waals surface area contributed by atoms with Crippen LogP contribution >= 0.6 is 0 Å². The molecule has 0 radical (unpaired) electrons. The second kappa shape index (κ2) is 6.73. The summed E-state index contributed by atoms with van der Waals surface area (Å²) in [5, 5.41) is 12.1. The fraction of sp³-hybridized carbons (Fsp3) is 0.316. The van der Waals surface area contributed by atoms with Crippen LogP contribution in [0.15, 0.2) is 30.9 Å². The smallest absolute Gasteiger partial charge is 0.228 e. The zero-order valence-electron chi connectivity index (χ0n) is 16.1. The lowest BCUT2D eigenvalue weighted by Crippen LogP contribution is -2.43. The Labute approximate surface area is 165 Å². The number of nitrogens with zero attached hydrogens (tertiary/aromatic N) is 6. The Kier molecular flexibility index (Phi) is 4.04. The number of ether oxygens (including phenoxy) is 1. The molecule has 148 valence electrons. The average Bonchev–Trinajstić information content (AvgIpc) is 3.36. The van der Waals surface area contributed by atoms with Gasteiger partial charge in [-0.15, -0.1) is 10.2 Å². The van der Waals surface area contributed by atoms with Crippen molar-refractivity contribution in [2.24, 2.45) is 0 Å². The molecule has 10 nitrogen and oxygen atoms in total. The molecule has 1 amide bonds. The minimum absolute atomic E-state index is 0.102. The van der Waals surface area contributed by atoms with Crippen molar-refractivity contribution in [1.29, 1.82) is 0 Å². The minimum Gasteiger partial charge on any atom is -0.480 e. The maximum absolute atomic E-state index is 11.7. The Balaban J connectivity index is 1.51. The number of nitrogens with one attached hydrogen (secondary N) is 2. The molecule has 4 aromatic heterocycles. The number of hydrogen-bond donors (Lipinski definition) is 2. The zero-order chi connectivity index (χ0) is 20.0. The summed E-state index contributed by atoms with van der Waals surface area (Å²) in [5.41, 5.74) is 3.36. The van der Waals surface area contributed by atoms with Crippen LogP contribution in [0.25, 0.3) is 27.8 Å². The first-order chi connectivity index (χ1) is 14.1. The predicted octanol–water partition coefficient (Wildman–Crippen LogP) is 1.71. The number of rotatable bonds is 4. The number of anilines is 1. The third-order valence-electron chi connectivity index (χ3n) is 5.25. The number of hydrogen-bond acceptors (Lipinski definition) is 7. The number of carbonyl (C=O) groups is 1. The first-order valence-corrected chi connectivity index (χ1v) is 9.36. The molecule has 29 heavy (non-hydrogen) atoms. The van der Waals surface area contributed by atoms with Crippen molar-refractivity contribution >= 4 is 28.5 Å². The summed E-state index contributed by atoms with van der Waals surface area (Å²) in [4.78, 5) is 25.8. The van der Waals surface area contributed by atoms with Crippen LogP contribution in [0.4, 0.5) is 5.95 Å². The Hall–Kier alpha value is -3.69. The minimum atomic E-state index is 0.102. The molecular formula is C19H20N8O2. The molecule has 1 aliphatic rings. The number of likely N-dealkylation sites (N-methyl/N-ethyl adjacent to an activating group) is 1. The summed E-state index contributed by atoms with van der Waals surface area (Å²) in [7, 11) is 3.41. The second-order valence-electron chi connectivity index (χ2n) is 7.15.